The van der Waals surface area contributed by atoms with Crippen molar-refractivity contribution in [1.29, 1.82) is 0 Å². The van der Waals surface area contributed by atoms with Gasteiger partial charge in [0.05, 0.1) is 18.5 Å². The van der Waals surface area contributed by atoms with Crippen LogP contribution in [0.15, 0.2) is 6.20 Å². The van der Waals surface area contributed by atoms with Gasteiger partial charge in [0.1, 0.15) is 5.56 Å². The summed E-state index contributed by atoms with van der Waals surface area (Å²) in [7, 11) is 0. The maximum atomic E-state index is 11.5. The zero-order valence-corrected chi connectivity index (χ0v) is 8.91. The quantitative estimate of drug-likeness (QED) is 0.688. The summed E-state index contributed by atoms with van der Waals surface area (Å²) < 4.78 is 6.76. The number of esters is 1. The summed E-state index contributed by atoms with van der Waals surface area (Å²) in [6.45, 7) is 6.99. The van der Waals surface area contributed by atoms with Gasteiger partial charge < -0.3 is 4.74 Å². The highest BCUT2D eigenvalue weighted by Gasteiger charge is 2.15. The van der Waals surface area contributed by atoms with Crippen LogP contribution in [0.2, 0.25) is 0 Å². The maximum absolute atomic E-state index is 11.5. The van der Waals surface area contributed by atoms with E-state index in [2.05, 4.69) is 5.10 Å². The van der Waals surface area contributed by atoms with Crippen molar-refractivity contribution in [2.24, 2.45) is 0 Å². The number of carbonyl (C=O) groups is 1. The van der Waals surface area contributed by atoms with Gasteiger partial charge in [-0.05, 0) is 20.3 Å². The summed E-state index contributed by atoms with van der Waals surface area (Å²) in [6.07, 6.45) is 2.38. The van der Waals surface area contributed by atoms with E-state index in [1.165, 1.54) is 0 Å². The van der Waals surface area contributed by atoms with Gasteiger partial charge in [0.15, 0.2) is 0 Å². The van der Waals surface area contributed by atoms with Crippen molar-refractivity contribution in [2.45, 2.75) is 33.7 Å². The van der Waals surface area contributed by atoms with Crippen molar-refractivity contribution in [3.05, 3.63) is 17.5 Å². The van der Waals surface area contributed by atoms with Gasteiger partial charge in [0.2, 0.25) is 0 Å². The minimum Gasteiger partial charge on any atom is -0.462 e. The van der Waals surface area contributed by atoms with Gasteiger partial charge in [0, 0.05) is 6.54 Å². The zero-order chi connectivity index (χ0) is 10.6. The standard InChI is InChI=1S/C10H16N2O2/c1-4-9-8(10(13)14-6-3)7-11-12(9)5-2/h7H,4-6H2,1-3H3. The van der Waals surface area contributed by atoms with Crippen molar-refractivity contribution in [1.82, 2.24) is 9.78 Å². The van der Waals surface area contributed by atoms with Crippen LogP contribution in [-0.2, 0) is 17.7 Å². The average Bonchev–Trinajstić information content (AvgIpc) is 2.60. The molecule has 0 saturated carbocycles. The monoisotopic (exact) mass is 196 g/mol. The van der Waals surface area contributed by atoms with Gasteiger partial charge in [0.25, 0.3) is 0 Å². The first-order valence-corrected chi connectivity index (χ1v) is 4.96. The molecular formula is C10H16N2O2. The molecule has 0 fully saturated rings. The molecule has 1 aromatic rings. The van der Waals surface area contributed by atoms with Gasteiger partial charge in [-0.25, -0.2) is 4.79 Å². The molecule has 0 N–H and O–H groups in total. The molecule has 0 bridgehead atoms. The lowest BCUT2D eigenvalue weighted by Gasteiger charge is -2.04. The van der Waals surface area contributed by atoms with Crippen LogP contribution in [-0.4, -0.2) is 22.4 Å². The number of aromatic nitrogens is 2. The maximum Gasteiger partial charge on any atom is 0.341 e. The molecule has 0 atom stereocenters. The Morgan fingerprint density at radius 3 is 2.71 bits per heavy atom. The smallest absolute Gasteiger partial charge is 0.341 e. The second-order valence-corrected chi connectivity index (χ2v) is 2.89. The van der Waals surface area contributed by atoms with E-state index in [-0.39, 0.29) is 5.97 Å². The number of hydrogen-bond donors (Lipinski definition) is 0. The molecule has 0 aliphatic rings. The Balaban J connectivity index is 2.96. The lowest BCUT2D eigenvalue weighted by atomic mass is 10.2. The highest BCUT2D eigenvalue weighted by molar-refractivity contribution is 5.90. The van der Waals surface area contributed by atoms with Crippen molar-refractivity contribution < 1.29 is 9.53 Å². The topological polar surface area (TPSA) is 44.1 Å². The van der Waals surface area contributed by atoms with Crippen LogP contribution < -0.4 is 0 Å². The van der Waals surface area contributed by atoms with Gasteiger partial charge in [-0.15, -0.1) is 0 Å². The van der Waals surface area contributed by atoms with E-state index in [1.54, 1.807) is 13.1 Å². The van der Waals surface area contributed by atoms with E-state index in [0.717, 1.165) is 18.7 Å². The Bertz CT molecular complexity index is 318. The van der Waals surface area contributed by atoms with E-state index in [0.29, 0.717) is 12.2 Å². The Labute approximate surface area is 83.9 Å². The molecule has 0 aliphatic carbocycles. The second kappa shape index (κ2) is 4.79. The molecule has 0 amide bonds. The molecule has 4 nitrogen and oxygen atoms in total. The molecule has 0 aromatic carbocycles. The molecule has 1 heterocycles. The third kappa shape index (κ3) is 1.95. The lowest BCUT2D eigenvalue weighted by molar-refractivity contribution is 0.0525. The van der Waals surface area contributed by atoms with Crippen molar-refractivity contribution >= 4 is 5.97 Å². The lowest BCUT2D eigenvalue weighted by Crippen LogP contribution is -2.09. The Kier molecular flexibility index (Phi) is 3.68. The van der Waals surface area contributed by atoms with Crippen LogP contribution in [0, 0.1) is 0 Å². The van der Waals surface area contributed by atoms with E-state index in [4.69, 9.17) is 4.74 Å². The minimum atomic E-state index is -0.274. The third-order valence-electron chi connectivity index (χ3n) is 2.08. The van der Waals surface area contributed by atoms with Gasteiger partial charge in [-0.2, -0.15) is 5.10 Å². The van der Waals surface area contributed by atoms with Gasteiger partial charge in [-0.1, -0.05) is 6.92 Å². The Hall–Kier alpha value is -1.32. The van der Waals surface area contributed by atoms with Crippen LogP contribution in [0.3, 0.4) is 0 Å². The van der Waals surface area contributed by atoms with Crippen LogP contribution in [0.5, 0.6) is 0 Å². The molecule has 0 spiro atoms. The van der Waals surface area contributed by atoms with Crippen molar-refractivity contribution in [2.75, 3.05) is 6.61 Å². The summed E-state index contributed by atoms with van der Waals surface area (Å²) in [6, 6.07) is 0. The van der Waals surface area contributed by atoms with Crippen LogP contribution >= 0.6 is 0 Å². The zero-order valence-electron chi connectivity index (χ0n) is 8.91. The molecule has 0 unspecified atom stereocenters. The molecule has 0 radical (unpaired) electrons. The first-order valence-electron chi connectivity index (χ1n) is 4.96. The van der Waals surface area contributed by atoms with E-state index >= 15 is 0 Å². The van der Waals surface area contributed by atoms with Crippen LogP contribution in [0.25, 0.3) is 0 Å². The number of carbonyl (C=O) groups excluding carboxylic acids is 1. The number of ether oxygens (including phenoxy) is 1. The molecule has 1 aromatic heterocycles. The summed E-state index contributed by atoms with van der Waals surface area (Å²) >= 11 is 0. The first kappa shape index (κ1) is 10.8. The fourth-order valence-electron chi connectivity index (χ4n) is 1.44. The van der Waals surface area contributed by atoms with E-state index in [9.17, 15) is 4.79 Å². The fourth-order valence-corrected chi connectivity index (χ4v) is 1.44. The third-order valence-corrected chi connectivity index (χ3v) is 2.08. The summed E-state index contributed by atoms with van der Waals surface area (Å²) in [5.41, 5.74) is 1.54. The van der Waals surface area contributed by atoms with Crippen molar-refractivity contribution in [3.8, 4) is 0 Å². The molecule has 0 aliphatic heterocycles. The summed E-state index contributed by atoms with van der Waals surface area (Å²) in [5, 5.41) is 4.12. The Morgan fingerprint density at radius 2 is 2.21 bits per heavy atom. The highest BCUT2D eigenvalue weighted by atomic mass is 16.5. The molecule has 1 rings (SSSR count). The molecular weight excluding hydrogens is 180 g/mol. The number of aryl methyl sites for hydroxylation is 1. The molecule has 0 saturated heterocycles. The summed E-state index contributed by atoms with van der Waals surface area (Å²) in [5.74, 6) is -0.274. The number of nitrogens with zero attached hydrogens (tertiary/aromatic N) is 2. The predicted octanol–water partition coefficient (Wildman–Crippen LogP) is 1.64. The number of hydrogen-bond acceptors (Lipinski definition) is 3. The fraction of sp³-hybridized carbons (Fsp3) is 0.600. The minimum absolute atomic E-state index is 0.274. The van der Waals surface area contributed by atoms with Crippen LogP contribution in [0.1, 0.15) is 36.8 Å². The van der Waals surface area contributed by atoms with Crippen molar-refractivity contribution in [3.63, 3.8) is 0 Å². The van der Waals surface area contributed by atoms with Crippen LogP contribution in [0.4, 0.5) is 0 Å². The number of rotatable bonds is 4. The first-order chi connectivity index (χ1) is 6.74. The van der Waals surface area contributed by atoms with E-state index < -0.39 is 0 Å². The second-order valence-electron chi connectivity index (χ2n) is 2.89. The normalized spacial score (nSPS) is 10.2. The summed E-state index contributed by atoms with van der Waals surface area (Å²) in [4.78, 5) is 11.5. The largest absolute Gasteiger partial charge is 0.462 e. The SMILES string of the molecule is CCOC(=O)c1cnn(CC)c1CC. The average molecular weight is 196 g/mol. The molecule has 78 valence electrons. The van der Waals surface area contributed by atoms with Gasteiger partial charge in [-0.3, -0.25) is 4.68 Å². The molecule has 4 heteroatoms. The highest BCUT2D eigenvalue weighted by Crippen LogP contribution is 2.10. The van der Waals surface area contributed by atoms with Gasteiger partial charge >= 0.3 is 5.97 Å². The van der Waals surface area contributed by atoms with E-state index in [1.807, 2.05) is 18.5 Å². The molecule has 14 heavy (non-hydrogen) atoms. The Morgan fingerprint density at radius 1 is 1.50 bits per heavy atom. The predicted molar refractivity (Wildman–Crippen MR) is 53.2 cm³/mol.